The molecule has 0 aliphatic heterocycles. The van der Waals surface area contributed by atoms with Crippen LogP contribution in [0.3, 0.4) is 0 Å². The zero-order valence-electron chi connectivity index (χ0n) is 16.5. The van der Waals surface area contributed by atoms with Crippen molar-refractivity contribution in [2.45, 2.75) is 0 Å². The van der Waals surface area contributed by atoms with Crippen molar-refractivity contribution in [1.29, 1.82) is 0 Å². The Labute approximate surface area is 172 Å². The van der Waals surface area contributed by atoms with Gasteiger partial charge in [-0.1, -0.05) is 6.07 Å². The minimum atomic E-state index is 0.688. The third-order valence-corrected chi connectivity index (χ3v) is 4.87. The molecule has 0 bridgehead atoms. The van der Waals surface area contributed by atoms with Crippen LogP contribution in [-0.2, 0) is 7.05 Å². The molecule has 8 heteroatoms. The number of benzene rings is 1. The molecule has 1 aromatic carbocycles. The van der Waals surface area contributed by atoms with Gasteiger partial charge in [-0.15, -0.1) is 0 Å². The number of ether oxygens (including phenoxy) is 1. The summed E-state index contributed by atoms with van der Waals surface area (Å²) in [5.74, 6) is 1.40. The second-order valence-electron chi connectivity index (χ2n) is 6.89. The number of nitrogens with one attached hydrogen (secondary N) is 2. The minimum Gasteiger partial charge on any atom is -0.495 e. The maximum atomic E-state index is 5.58. The van der Waals surface area contributed by atoms with Crippen molar-refractivity contribution in [2.75, 3.05) is 12.4 Å². The fraction of sp³-hybridized carbons (Fsp3) is 0.0909. The van der Waals surface area contributed by atoms with E-state index in [-0.39, 0.29) is 0 Å². The minimum absolute atomic E-state index is 0.688. The molecule has 0 aliphatic carbocycles. The number of aromatic nitrogens is 6. The summed E-state index contributed by atoms with van der Waals surface area (Å²) < 4.78 is 7.34. The number of fused-ring (bicyclic) bond motifs is 1. The van der Waals surface area contributed by atoms with Crippen molar-refractivity contribution < 1.29 is 4.74 Å². The monoisotopic (exact) mass is 397 g/mol. The molecule has 4 aromatic heterocycles. The average Bonchev–Trinajstić information content (AvgIpc) is 3.46. The Kier molecular flexibility index (Phi) is 4.36. The number of methoxy groups -OCH3 is 1. The predicted octanol–water partition coefficient (Wildman–Crippen LogP) is 4.17. The van der Waals surface area contributed by atoms with E-state index in [0.29, 0.717) is 11.6 Å². The quantitative estimate of drug-likeness (QED) is 0.462. The summed E-state index contributed by atoms with van der Waals surface area (Å²) in [7, 11) is 3.54. The van der Waals surface area contributed by atoms with Crippen LogP contribution in [0.2, 0.25) is 0 Å². The molecule has 30 heavy (non-hydrogen) atoms. The Bertz CT molecular complexity index is 1320. The van der Waals surface area contributed by atoms with E-state index in [1.807, 2.05) is 62.0 Å². The van der Waals surface area contributed by atoms with Crippen LogP contribution >= 0.6 is 0 Å². The summed E-state index contributed by atoms with van der Waals surface area (Å²) in [6.45, 7) is 0. The number of hydrogen-bond acceptors (Lipinski definition) is 6. The highest BCUT2D eigenvalue weighted by Crippen LogP contribution is 2.32. The van der Waals surface area contributed by atoms with Gasteiger partial charge in [-0.2, -0.15) is 10.2 Å². The molecule has 0 amide bonds. The van der Waals surface area contributed by atoms with Crippen LogP contribution < -0.4 is 10.1 Å². The molecule has 0 saturated heterocycles. The van der Waals surface area contributed by atoms with E-state index in [4.69, 9.17) is 9.72 Å². The summed E-state index contributed by atoms with van der Waals surface area (Å²) in [6.07, 6.45) is 9.18. The van der Waals surface area contributed by atoms with Gasteiger partial charge in [0.2, 0.25) is 0 Å². The lowest BCUT2D eigenvalue weighted by atomic mass is 10.1. The fourth-order valence-electron chi connectivity index (χ4n) is 3.32. The van der Waals surface area contributed by atoms with Gasteiger partial charge in [-0.05, 0) is 29.8 Å². The van der Waals surface area contributed by atoms with Crippen LogP contribution in [0.1, 0.15) is 0 Å². The zero-order chi connectivity index (χ0) is 20.5. The highest BCUT2D eigenvalue weighted by molar-refractivity contribution is 5.84. The molecule has 2 N–H and O–H groups in total. The van der Waals surface area contributed by atoms with E-state index in [0.717, 1.165) is 39.0 Å². The SMILES string of the molecule is COc1cc(-c2cn[nH]c2)ccc1Nc1cc2nc(-c3cnn(C)c3)ccc2cn1. The Morgan fingerprint density at radius 1 is 1.00 bits per heavy atom. The van der Waals surface area contributed by atoms with Gasteiger partial charge in [0.15, 0.2) is 0 Å². The highest BCUT2D eigenvalue weighted by atomic mass is 16.5. The Morgan fingerprint density at radius 3 is 2.70 bits per heavy atom. The van der Waals surface area contributed by atoms with Crippen LogP contribution in [0.5, 0.6) is 5.75 Å². The van der Waals surface area contributed by atoms with Crippen molar-refractivity contribution in [2.24, 2.45) is 7.05 Å². The molecule has 0 spiro atoms. The van der Waals surface area contributed by atoms with Crippen LogP contribution in [0.25, 0.3) is 33.3 Å². The van der Waals surface area contributed by atoms with Crippen molar-refractivity contribution in [3.8, 4) is 28.1 Å². The molecule has 0 aliphatic rings. The lowest BCUT2D eigenvalue weighted by molar-refractivity contribution is 0.417. The molecule has 0 fully saturated rings. The second-order valence-corrected chi connectivity index (χ2v) is 6.89. The second kappa shape index (κ2) is 7.32. The summed E-state index contributed by atoms with van der Waals surface area (Å²) in [4.78, 5) is 9.29. The lowest BCUT2D eigenvalue weighted by Gasteiger charge is -2.12. The number of aryl methyl sites for hydroxylation is 1. The van der Waals surface area contributed by atoms with Gasteiger partial charge in [0.25, 0.3) is 0 Å². The first kappa shape index (κ1) is 17.9. The smallest absolute Gasteiger partial charge is 0.142 e. The predicted molar refractivity (Wildman–Crippen MR) is 116 cm³/mol. The molecular formula is C22H19N7O. The third kappa shape index (κ3) is 3.35. The zero-order valence-corrected chi connectivity index (χ0v) is 16.5. The normalized spacial score (nSPS) is 11.0. The molecule has 5 rings (SSSR count). The Hall–Kier alpha value is -4.20. The van der Waals surface area contributed by atoms with E-state index in [2.05, 4.69) is 25.6 Å². The van der Waals surface area contributed by atoms with Crippen LogP contribution in [0.4, 0.5) is 11.5 Å². The molecule has 0 atom stereocenters. The van der Waals surface area contributed by atoms with Gasteiger partial charge in [0.05, 0.1) is 36.4 Å². The molecule has 0 saturated carbocycles. The summed E-state index contributed by atoms with van der Waals surface area (Å²) in [6, 6.07) is 11.9. The number of hydrogen-bond donors (Lipinski definition) is 2. The van der Waals surface area contributed by atoms with Gasteiger partial charge in [0.1, 0.15) is 11.6 Å². The largest absolute Gasteiger partial charge is 0.495 e. The summed E-state index contributed by atoms with van der Waals surface area (Å²) in [5, 5.41) is 15.4. The number of anilines is 2. The maximum Gasteiger partial charge on any atom is 0.142 e. The third-order valence-electron chi connectivity index (χ3n) is 4.87. The fourth-order valence-corrected chi connectivity index (χ4v) is 3.32. The van der Waals surface area contributed by atoms with Crippen LogP contribution in [0, 0.1) is 0 Å². The van der Waals surface area contributed by atoms with Crippen molar-refractivity contribution in [1.82, 2.24) is 29.9 Å². The molecule has 8 nitrogen and oxygen atoms in total. The first-order valence-electron chi connectivity index (χ1n) is 9.39. The lowest BCUT2D eigenvalue weighted by Crippen LogP contribution is -1.97. The number of aromatic amines is 1. The van der Waals surface area contributed by atoms with Gasteiger partial charge < -0.3 is 10.1 Å². The van der Waals surface area contributed by atoms with Crippen LogP contribution in [0.15, 0.2) is 67.4 Å². The molecule has 148 valence electrons. The number of rotatable bonds is 5. The van der Waals surface area contributed by atoms with Gasteiger partial charge in [-0.25, -0.2) is 9.97 Å². The molecular weight excluding hydrogens is 378 g/mol. The number of H-pyrrole nitrogens is 1. The molecule has 0 unspecified atom stereocenters. The Balaban J connectivity index is 1.47. The standard InChI is InChI=1S/C22H19N7O/c1-29-13-17(12-26-29)18-5-4-15-9-23-22(8-20(15)27-18)28-19-6-3-14(7-21(19)30-2)16-10-24-25-11-16/h3-13H,1-2H3,(H,23,28)(H,24,25). The van der Waals surface area contributed by atoms with Gasteiger partial charge >= 0.3 is 0 Å². The Morgan fingerprint density at radius 2 is 1.93 bits per heavy atom. The molecule has 4 heterocycles. The average molecular weight is 397 g/mol. The summed E-state index contributed by atoms with van der Waals surface area (Å²) >= 11 is 0. The topological polar surface area (TPSA) is 93.5 Å². The molecule has 0 radical (unpaired) electrons. The van der Waals surface area contributed by atoms with E-state index < -0.39 is 0 Å². The first-order chi connectivity index (χ1) is 14.7. The first-order valence-corrected chi connectivity index (χ1v) is 9.39. The number of pyridine rings is 2. The van der Waals surface area contributed by atoms with E-state index in [9.17, 15) is 0 Å². The highest BCUT2D eigenvalue weighted by Gasteiger charge is 2.09. The maximum absolute atomic E-state index is 5.58. The van der Waals surface area contributed by atoms with Crippen molar-refractivity contribution in [3.63, 3.8) is 0 Å². The van der Waals surface area contributed by atoms with E-state index >= 15 is 0 Å². The van der Waals surface area contributed by atoms with Crippen molar-refractivity contribution in [3.05, 3.63) is 67.4 Å². The van der Waals surface area contributed by atoms with Gasteiger partial charge in [-0.3, -0.25) is 9.78 Å². The summed E-state index contributed by atoms with van der Waals surface area (Å²) in [5.41, 5.74) is 5.52. The van der Waals surface area contributed by atoms with E-state index in [1.54, 1.807) is 24.2 Å². The van der Waals surface area contributed by atoms with Gasteiger partial charge in [0, 0.05) is 48.2 Å². The van der Waals surface area contributed by atoms with Crippen LogP contribution in [-0.4, -0.2) is 37.1 Å². The molecule has 5 aromatic rings. The van der Waals surface area contributed by atoms with E-state index in [1.165, 1.54) is 0 Å². The van der Waals surface area contributed by atoms with Crippen molar-refractivity contribution >= 4 is 22.4 Å². The number of nitrogens with zero attached hydrogens (tertiary/aromatic N) is 5.